The average molecular weight is 300 g/mol. The van der Waals surface area contributed by atoms with Crippen LogP contribution in [0.2, 0.25) is 13.1 Å². The van der Waals surface area contributed by atoms with Crippen LogP contribution in [-0.2, 0) is 17.4 Å². The predicted molar refractivity (Wildman–Crippen MR) is 82.0 cm³/mol. The Morgan fingerprint density at radius 2 is 1.56 bits per heavy atom. The van der Waals surface area contributed by atoms with Gasteiger partial charge in [0.2, 0.25) is 0 Å². The molecule has 0 bridgehead atoms. The summed E-state index contributed by atoms with van der Waals surface area (Å²) in [5.74, 6) is 0.699. The van der Waals surface area contributed by atoms with Crippen LogP contribution in [0.3, 0.4) is 0 Å². The van der Waals surface area contributed by atoms with Gasteiger partial charge in [0.25, 0.3) is 0 Å². The Bertz CT molecular complexity index is 388. The minimum absolute atomic E-state index is 0.268. The van der Waals surface area contributed by atoms with Gasteiger partial charge in [-0.3, -0.25) is 0 Å². The molecule has 1 unspecified atom stereocenters. The molecule has 1 N–H and O–H groups in total. The second-order valence-electron chi connectivity index (χ2n) is 7.01. The van der Waals surface area contributed by atoms with Gasteiger partial charge in [-0.15, -0.1) is 0 Å². The van der Waals surface area contributed by atoms with Gasteiger partial charge < -0.3 is 0 Å². The Kier molecular flexibility index (Phi) is 5.28. The van der Waals surface area contributed by atoms with Crippen molar-refractivity contribution in [1.82, 2.24) is 3.80 Å². The first-order chi connectivity index (χ1) is 8.06. The molecular weight excluding hydrogens is 270 g/mol. The van der Waals surface area contributed by atoms with Gasteiger partial charge in [0.15, 0.2) is 0 Å². The third-order valence-electron chi connectivity index (χ3n) is 4.02. The Labute approximate surface area is 121 Å². The molecule has 0 aromatic heterocycles. The fourth-order valence-electron chi connectivity index (χ4n) is 2.73. The summed E-state index contributed by atoms with van der Waals surface area (Å²) >= 11 is -1.26. The van der Waals surface area contributed by atoms with Crippen LogP contribution in [0.1, 0.15) is 48.5 Å². The van der Waals surface area contributed by atoms with Gasteiger partial charge in [0.1, 0.15) is 0 Å². The summed E-state index contributed by atoms with van der Waals surface area (Å²) in [4.78, 5) is 0. The molecule has 0 amide bonds. The number of nitrogens with one attached hydrogen (secondary N) is 1. The molecule has 0 fully saturated rings. The zero-order valence-corrected chi connectivity index (χ0v) is 16.4. The van der Waals surface area contributed by atoms with E-state index in [1.807, 2.05) is 3.88 Å². The molecular formula is C15H30NSiTi. The number of hydrogen-bond donors (Lipinski definition) is 1. The molecule has 18 heavy (non-hydrogen) atoms. The van der Waals surface area contributed by atoms with E-state index in [2.05, 4.69) is 65.4 Å². The molecule has 1 rings (SSSR count). The average Bonchev–Trinajstić information content (AvgIpc) is 2.39. The summed E-state index contributed by atoms with van der Waals surface area (Å²) in [6.45, 7) is 20.8. The van der Waals surface area contributed by atoms with Crippen LogP contribution < -0.4 is 3.80 Å². The van der Waals surface area contributed by atoms with Gasteiger partial charge in [0, 0.05) is 0 Å². The van der Waals surface area contributed by atoms with E-state index in [1.54, 1.807) is 16.7 Å². The molecule has 1 atom stereocenters. The van der Waals surface area contributed by atoms with Gasteiger partial charge >= 0.3 is 121 Å². The molecule has 1 nitrogen and oxygen atoms in total. The minimum atomic E-state index is -1.26. The van der Waals surface area contributed by atoms with Crippen LogP contribution in [0.5, 0.6) is 0 Å². The van der Waals surface area contributed by atoms with Crippen molar-refractivity contribution in [3.8, 4) is 0 Å². The third-order valence-corrected chi connectivity index (χ3v) is 16.2. The van der Waals surface area contributed by atoms with E-state index < -0.39 is 24.0 Å². The summed E-state index contributed by atoms with van der Waals surface area (Å²) in [6, 6.07) is 0. The fourth-order valence-corrected chi connectivity index (χ4v) is 15.1. The molecule has 0 saturated heterocycles. The molecule has 0 aliphatic heterocycles. The maximum absolute atomic E-state index is 4.04. The Hall–Kier alpha value is 0.371. The van der Waals surface area contributed by atoms with Gasteiger partial charge in [-0.2, -0.15) is 0 Å². The zero-order valence-electron chi connectivity index (χ0n) is 13.7. The monoisotopic (exact) mass is 300 g/mol. The van der Waals surface area contributed by atoms with Crippen LogP contribution in [0.4, 0.5) is 0 Å². The zero-order chi connectivity index (χ0) is 14.2. The first-order valence-corrected chi connectivity index (χ1v) is 14.3. The van der Waals surface area contributed by atoms with Crippen molar-refractivity contribution in [3.05, 3.63) is 20.6 Å². The Morgan fingerprint density at radius 3 is 1.83 bits per heavy atom. The quantitative estimate of drug-likeness (QED) is 0.772. The van der Waals surface area contributed by atoms with Gasteiger partial charge in [0.05, 0.1) is 0 Å². The molecule has 3 heteroatoms. The van der Waals surface area contributed by atoms with Crippen molar-refractivity contribution in [3.63, 3.8) is 0 Å². The van der Waals surface area contributed by atoms with E-state index in [0.717, 1.165) is 0 Å². The molecule has 0 aromatic rings. The van der Waals surface area contributed by atoms with Crippen molar-refractivity contribution in [2.75, 3.05) is 0 Å². The number of hydrogen-bond acceptors (Lipinski definition) is 1. The van der Waals surface area contributed by atoms with Crippen molar-refractivity contribution in [2.45, 2.75) is 67.1 Å². The molecule has 0 saturated carbocycles. The third kappa shape index (κ3) is 3.47. The summed E-state index contributed by atoms with van der Waals surface area (Å²) in [7, 11) is 0. The topological polar surface area (TPSA) is 12.0 Å². The van der Waals surface area contributed by atoms with Gasteiger partial charge in [-0.25, -0.2) is 0 Å². The summed E-state index contributed by atoms with van der Waals surface area (Å²) in [6.07, 6.45) is 0. The normalized spacial score (nSPS) is 21.3. The molecule has 103 valence electrons. The SMILES string of the molecule is CC1=C(C)C(C)[C]([Ti]([NH]C(C)(C)C)[SiH](C)C)=C1C. The van der Waals surface area contributed by atoms with Crippen LogP contribution >= 0.6 is 0 Å². The maximum atomic E-state index is 4.04. The second-order valence-corrected chi connectivity index (χ2v) is 19.6. The van der Waals surface area contributed by atoms with Crippen molar-refractivity contribution in [2.24, 2.45) is 5.92 Å². The van der Waals surface area contributed by atoms with Crippen LogP contribution in [0.15, 0.2) is 20.6 Å². The van der Waals surface area contributed by atoms with Crippen molar-refractivity contribution in [1.29, 1.82) is 0 Å². The van der Waals surface area contributed by atoms with Gasteiger partial charge in [-0.1, -0.05) is 0 Å². The first-order valence-electron chi connectivity index (χ1n) is 7.10. The van der Waals surface area contributed by atoms with E-state index in [4.69, 9.17) is 0 Å². The second kappa shape index (κ2) is 5.78. The number of allylic oxidation sites excluding steroid dienone is 4. The Morgan fingerprint density at radius 1 is 1.06 bits per heavy atom. The molecule has 0 heterocycles. The molecule has 0 spiro atoms. The molecule has 0 aromatic carbocycles. The van der Waals surface area contributed by atoms with E-state index in [-0.39, 0.29) is 5.54 Å². The molecule has 1 aliphatic rings. The van der Waals surface area contributed by atoms with E-state index in [0.29, 0.717) is 5.92 Å². The standard InChI is InChI=1S/C9H13.C4H10N.C2H7Si.Ti/c1-6-5-7(2)9(4)8(6)3;1-4(2,3)5;1-3-2;/h6H,1-4H3;5H,1-3H3;3H,1-2H3;/q;-1;;+1. The fraction of sp³-hybridized carbons (Fsp3) is 0.733. The summed E-state index contributed by atoms with van der Waals surface area (Å²) in [5.41, 5.74) is 5.06. The molecule has 0 radical (unpaired) electrons. The van der Waals surface area contributed by atoms with E-state index in [1.165, 1.54) is 0 Å². The first kappa shape index (κ1) is 16.4. The summed E-state index contributed by atoms with van der Waals surface area (Å²) < 4.78 is 5.88. The Balaban J connectivity index is 3.11. The van der Waals surface area contributed by atoms with Gasteiger partial charge in [-0.05, 0) is 0 Å². The molecule has 1 aliphatic carbocycles. The summed E-state index contributed by atoms with van der Waals surface area (Å²) in [5, 5.41) is 0. The van der Waals surface area contributed by atoms with E-state index >= 15 is 0 Å². The van der Waals surface area contributed by atoms with Crippen LogP contribution in [-0.4, -0.2) is 12.2 Å². The van der Waals surface area contributed by atoms with Crippen molar-refractivity contribution < 1.29 is 17.4 Å². The number of rotatable bonds is 3. The van der Waals surface area contributed by atoms with Crippen LogP contribution in [0, 0.1) is 5.92 Å². The van der Waals surface area contributed by atoms with Crippen LogP contribution in [0.25, 0.3) is 0 Å². The predicted octanol–water partition coefficient (Wildman–Crippen LogP) is 4.15. The van der Waals surface area contributed by atoms with Crippen molar-refractivity contribution >= 4 is 6.66 Å². The van der Waals surface area contributed by atoms with E-state index in [9.17, 15) is 0 Å².